The number of rotatable bonds is 0. The van der Waals surface area contributed by atoms with Crippen molar-refractivity contribution in [1.82, 2.24) is 4.98 Å². The minimum Gasteiger partial charge on any atom is -0.359 e. The lowest BCUT2D eigenvalue weighted by atomic mass is 10.2. The van der Waals surface area contributed by atoms with Gasteiger partial charge in [0.05, 0.1) is 11.1 Å². The maximum Gasteiger partial charge on any atom is 0.101 e. The van der Waals surface area contributed by atoms with Gasteiger partial charge in [0.25, 0.3) is 0 Å². The summed E-state index contributed by atoms with van der Waals surface area (Å²) in [5.41, 5.74) is 1.52. The highest BCUT2D eigenvalue weighted by Crippen LogP contribution is 2.29. The van der Waals surface area contributed by atoms with Gasteiger partial charge in [-0.1, -0.05) is 15.9 Å². The third-order valence-electron chi connectivity index (χ3n) is 1.82. The molecule has 0 amide bonds. The van der Waals surface area contributed by atoms with Crippen molar-refractivity contribution in [3.63, 3.8) is 0 Å². The molecule has 1 aromatic heterocycles. The second kappa shape index (κ2) is 3.17. The molecule has 1 aromatic carbocycles. The van der Waals surface area contributed by atoms with Crippen LogP contribution in [0.15, 0.2) is 27.3 Å². The molecule has 2 rings (SSSR count). The van der Waals surface area contributed by atoms with Crippen LogP contribution in [0, 0.1) is 11.3 Å². The summed E-state index contributed by atoms with van der Waals surface area (Å²) in [5, 5.41) is 9.88. The van der Waals surface area contributed by atoms with Gasteiger partial charge in [-0.05, 0) is 28.1 Å². The molecule has 0 fully saturated rings. The number of nitriles is 1. The molecule has 0 aliphatic carbocycles. The first-order chi connectivity index (χ1) is 6.22. The Hall–Kier alpha value is -0.790. The Morgan fingerprint density at radius 1 is 1.31 bits per heavy atom. The molecule has 0 saturated carbocycles. The van der Waals surface area contributed by atoms with E-state index in [-0.39, 0.29) is 0 Å². The summed E-state index contributed by atoms with van der Waals surface area (Å²) in [7, 11) is 0. The summed E-state index contributed by atoms with van der Waals surface area (Å²) >= 11 is 6.76. The molecule has 0 bridgehead atoms. The largest absolute Gasteiger partial charge is 0.359 e. The zero-order valence-electron chi connectivity index (χ0n) is 6.44. The number of hydrogen-bond acceptors (Lipinski definition) is 1. The van der Waals surface area contributed by atoms with Crippen LogP contribution in [-0.2, 0) is 0 Å². The van der Waals surface area contributed by atoms with E-state index in [0.29, 0.717) is 5.56 Å². The van der Waals surface area contributed by atoms with Crippen LogP contribution in [0.5, 0.6) is 0 Å². The first-order valence-corrected chi connectivity index (χ1v) is 5.17. The Morgan fingerprint density at radius 3 is 2.77 bits per heavy atom. The smallest absolute Gasteiger partial charge is 0.101 e. The zero-order valence-corrected chi connectivity index (χ0v) is 9.61. The van der Waals surface area contributed by atoms with Gasteiger partial charge in [0.2, 0.25) is 0 Å². The van der Waals surface area contributed by atoms with E-state index in [9.17, 15) is 0 Å². The van der Waals surface area contributed by atoms with Crippen LogP contribution in [0.25, 0.3) is 10.9 Å². The SMILES string of the molecule is N#Cc1cc(Br)cc2c(Br)c[nH]c12. The highest BCUT2D eigenvalue weighted by atomic mass is 79.9. The van der Waals surface area contributed by atoms with Gasteiger partial charge in [-0.3, -0.25) is 0 Å². The van der Waals surface area contributed by atoms with E-state index in [2.05, 4.69) is 42.9 Å². The van der Waals surface area contributed by atoms with Crippen LogP contribution in [-0.4, -0.2) is 4.98 Å². The maximum atomic E-state index is 8.86. The van der Waals surface area contributed by atoms with Crippen LogP contribution < -0.4 is 0 Å². The van der Waals surface area contributed by atoms with Crippen molar-refractivity contribution < 1.29 is 0 Å². The van der Waals surface area contributed by atoms with Gasteiger partial charge in [0.15, 0.2) is 0 Å². The monoisotopic (exact) mass is 298 g/mol. The molecule has 0 unspecified atom stereocenters. The second-order valence-electron chi connectivity index (χ2n) is 2.62. The highest BCUT2D eigenvalue weighted by molar-refractivity contribution is 9.11. The van der Waals surface area contributed by atoms with Gasteiger partial charge in [0.1, 0.15) is 6.07 Å². The van der Waals surface area contributed by atoms with Crippen LogP contribution in [0.1, 0.15) is 5.56 Å². The van der Waals surface area contributed by atoms with Crippen molar-refractivity contribution in [3.05, 3.63) is 32.8 Å². The molecule has 1 N–H and O–H groups in total. The highest BCUT2D eigenvalue weighted by Gasteiger charge is 2.06. The predicted octanol–water partition coefficient (Wildman–Crippen LogP) is 3.56. The summed E-state index contributed by atoms with van der Waals surface area (Å²) < 4.78 is 1.89. The molecule has 0 atom stereocenters. The van der Waals surface area contributed by atoms with Crippen molar-refractivity contribution in [2.24, 2.45) is 0 Å². The summed E-state index contributed by atoms with van der Waals surface area (Å²) in [6, 6.07) is 5.91. The number of H-pyrrole nitrogens is 1. The summed E-state index contributed by atoms with van der Waals surface area (Å²) in [6.07, 6.45) is 1.83. The topological polar surface area (TPSA) is 39.6 Å². The number of halogens is 2. The summed E-state index contributed by atoms with van der Waals surface area (Å²) in [5.74, 6) is 0. The molecule has 1 heterocycles. The van der Waals surface area contributed by atoms with Crippen LogP contribution >= 0.6 is 31.9 Å². The minimum absolute atomic E-state index is 0.648. The number of fused-ring (bicyclic) bond motifs is 1. The molecular weight excluding hydrogens is 296 g/mol. The van der Waals surface area contributed by atoms with E-state index < -0.39 is 0 Å². The molecular formula is C9H4Br2N2. The van der Waals surface area contributed by atoms with Gasteiger partial charge in [0, 0.05) is 20.5 Å². The molecule has 4 heteroatoms. The Kier molecular flexibility index (Phi) is 2.14. The quantitative estimate of drug-likeness (QED) is 0.794. The Morgan fingerprint density at radius 2 is 2.08 bits per heavy atom. The second-order valence-corrected chi connectivity index (χ2v) is 4.39. The van der Waals surface area contributed by atoms with E-state index in [4.69, 9.17) is 5.26 Å². The summed E-state index contributed by atoms with van der Waals surface area (Å²) in [6.45, 7) is 0. The predicted molar refractivity (Wildman–Crippen MR) is 58.4 cm³/mol. The number of nitrogens with one attached hydrogen (secondary N) is 1. The number of hydrogen-bond donors (Lipinski definition) is 1. The lowest BCUT2D eigenvalue weighted by Gasteiger charge is -1.95. The van der Waals surface area contributed by atoms with Gasteiger partial charge < -0.3 is 4.98 Å². The van der Waals surface area contributed by atoms with Gasteiger partial charge >= 0.3 is 0 Å². The normalized spacial score (nSPS) is 10.2. The third-order valence-corrected chi connectivity index (χ3v) is 2.94. The molecule has 0 spiro atoms. The minimum atomic E-state index is 0.648. The van der Waals surface area contributed by atoms with E-state index in [1.54, 1.807) is 6.07 Å². The van der Waals surface area contributed by atoms with Gasteiger partial charge in [-0.25, -0.2) is 0 Å². The molecule has 0 saturated heterocycles. The van der Waals surface area contributed by atoms with Crippen LogP contribution in [0.3, 0.4) is 0 Å². The lowest BCUT2D eigenvalue weighted by molar-refractivity contribution is 1.43. The lowest BCUT2D eigenvalue weighted by Crippen LogP contribution is -1.78. The van der Waals surface area contributed by atoms with E-state index >= 15 is 0 Å². The third kappa shape index (κ3) is 1.38. The fraction of sp³-hybridized carbons (Fsp3) is 0. The molecule has 0 aliphatic rings. The van der Waals surface area contributed by atoms with Crippen LogP contribution in [0.4, 0.5) is 0 Å². The van der Waals surface area contributed by atoms with Crippen LogP contribution in [0.2, 0.25) is 0 Å². The first kappa shape index (κ1) is 8.79. The van der Waals surface area contributed by atoms with E-state index in [1.165, 1.54) is 0 Å². The van der Waals surface area contributed by atoms with Crippen molar-refractivity contribution in [1.29, 1.82) is 5.26 Å². The van der Waals surface area contributed by atoms with Gasteiger partial charge in [-0.2, -0.15) is 5.26 Å². The van der Waals surface area contributed by atoms with Crippen molar-refractivity contribution >= 4 is 42.8 Å². The average molecular weight is 300 g/mol. The molecule has 13 heavy (non-hydrogen) atoms. The Labute approximate surface area is 91.8 Å². The Bertz CT molecular complexity index is 508. The Balaban J connectivity index is 2.94. The standard InChI is InChI=1S/C9H4Br2N2/c10-6-1-5(3-12)9-7(2-6)8(11)4-13-9/h1-2,4,13H. The van der Waals surface area contributed by atoms with Crippen molar-refractivity contribution in [2.45, 2.75) is 0 Å². The summed E-state index contributed by atoms with van der Waals surface area (Å²) in [4.78, 5) is 3.04. The maximum absolute atomic E-state index is 8.86. The van der Waals surface area contributed by atoms with Crippen molar-refractivity contribution in [2.75, 3.05) is 0 Å². The zero-order chi connectivity index (χ0) is 9.42. The van der Waals surface area contributed by atoms with Gasteiger partial charge in [-0.15, -0.1) is 0 Å². The molecule has 0 aliphatic heterocycles. The first-order valence-electron chi connectivity index (χ1n) is 3.58. The van der Waals surface area contributed by atoms with Crippen molar-refractivity contribution in [3.8, 4) is 6.07 Å². The molecule has 2 nitrogen and oxygen atoms in total. The molecule has 0 radical (unpaired) electrons. The number of benzene rings is 1. The fourth-order valence-corrected chi connectivity index (χ4v) is 2.14. The molecule has 64 valence electrons. The molecule has 2 aromatic rings. The number of aromatic amines is 1. The average Bonchev–Trinajstić information content (AvgIpc) is 2.47. The fourth-order valence-electron chi connectivity index (χ4n) is 1.25. The number of nitrogens with zero attached hydrogens (tertiary/aromatic N) is 1. The number of aromatic nitrogens is 1. The van der Waals surface area contributed by atoms with E-state index in [0.717, 1.165) is 19.8 Å². The van der Waals surface area contributed by atoms with E-state index in [1.807, 2.05) is 12.3 Å².